The van der Waals surface area contributed by atoms with Crippen LogP contribution in [-0.4, -0.2) is 15.0 Å². The van der Waals surface area contributed by atoms with Gasteiger partial charge in [-0.2, -0.15) is 0 Å². The molecule has 0 bridgehead atoms. The Kier molecular flexibility index (Phi) is 8.16. The van der Waals surface area contributed by atoms with Crippen LogP contribution in [-0.2, 0) is 5.41 Å². The highest BCUT2D eigenvalue weighted by Crippen LogP contribution is 2.57. The van der Waals surface area contributed by atoms with Crippen molar-refractivity contribution in [2.75, 3.05) is 4.90 Å². The minimum absolute atomic E-state index is 0.163. The van der Waals surface area contributed by atoms with Gasteiger partial charge in [0.05, 0.1) is 5.69 Å². The summed E-state index contributed by atoms with van der Waals surface area (Å²) in [6, 6.07) is 73.8. The predicted molar refractivity (Wildman–Crippen MR) is 256 cm³/mol. The number of hydrogen-bond donors (Lipinski definition) is 0. The second-order valence-corrected chi connectivity index (χ2v) is 16.8. The zero-order valence-electron chi connectivity index (χ0n) is 34.4. The van der Waals surface area contributed by atoms with Crippen molar-refractivity contribution in [3.05, 3.63) is 217 Å². The second-order valence-electron chi connectivity index (χ2n) is 16.8. The summed E-state index contributed by atoms with van der Waals surface area (Å²) in [6.45, 7) is 4.71. The quantitative estimate of drug-likeness (QED) is 0.161. The van der Waals surface area contributed by atoms with Gasteiger partial charge in [-0.15, -0.1) is 0 Å². The minimum Gasteiger partial charge on any atom is -0.310 e. The fraction of sp³-hybridized carbons (Fsp3) is 0.0517. The summed E-state index contributed by atoms with van der Waals surface area (Å²) in [6.07, 6.45) is 0. The highest BCUT2D eigenvalue weighted by atomic mass is 15.1. The monoisotopic (exact) mass is 792 g/mol. The van der Waals surface area contributed by atoms with E-state index >= 15 is 0 Å². The Hall–Kier alpha value is -7.95. The molecule has 0 aliphatic heterocycles. The van der Waals surface area contributed by atoms with E-state index in [1.165, 1.54) is 55.3 Å². The van der Waals surface area contributed by atoms with E-state index in [9.17, 15) is 0 Å². The van der Waals surface area contributed by atoms with Crippen molar-refractivity contribution in [2.45, 2.75) is 19.3 Å². The van der Waals surface area contributed by atoms with E-state index in [2.05, 4.69) is 189 Å². The smallest absolute Gasteiger partial charge is 0.164 e. The molecule has 1 heterocycles. The van der Waals surface area contributed by atoms with Gasteiger partial charge in [0.1, 0.15) is 0 Å². The Morgan fingerprint density at radius 1 is 0.355 bits per heavy atom. The fourth-order valence-corrected chi connectivity index (χ4v) is 9.90. The van der Waals surface area contributed by atoms with E-state index in [-0.39, 0.29) is 5.41 Å². The molecule has 62 heavy (non-hydrogen) atoms. The summed E-state index contributed by atoms with van der Waals surface area (Å²) in [7, 11) is 0. The number of hydrogen-bond acceptors (Lipinski definition) is 4. The van der Waals surface area contributed by atoms with E-state index in [1.807, 2.05) is 36.4 Å². The highest BCUT2D eigenvalue weighted by molar-refractivity contribution is 6.21. The van der Waals surface area contributed by atoms with E-state index in [1.54, 1.807) is 0 Å². The van der Waals surface area contributed by atoms with Crippen LogP contribution in [0, 0.1) is 0 Å². The number of aromatic nitrogens is 3. The van der Waals surface area contributed by atoms with Crippen LogP contribution in [0.5, 0.6) is 0 Å². The molecule has 0 saturated heterocycles. The number of anilines is 3. The molecule has 2 aliphatic carbocycles. The third-order valence-corrected chi connectivity index (χ3v) is 12.9. The number of nitrogens with zero attached hydrogens (tertiary/aromatic N) is 4. The van der Waals surface area contributed by atoms with Gasteiger partial charge in [-0.25, -0.2) is 15.0 Å². The van der Waals surface area contributed by atoms with E-state index < -0.39 is 0 Å². The maximum absolute atomic E-state index is 5.27. The summed E-state index contributed by atoms with van der Waals surface area (Å²) in [5.74, 6) is 1.92. The molecule has 0 atom stereocenters. The molecule has 0 radical (unpaired) electrons. The van der Waals surface area contributed by atoms with Crippen LogP contribution in [0.15, 0.2) is 206 Å². The van der Waals surface area contributed by atoms with Gasteiger partial charge in [0, 0.05) is 44.6 Å². The van der Waals surface area contributed by atoms with Crippen LogP contribution in [0.1, 0.15) is 25.0 Å². The van der Waals surface area contributed by atoms with Gasteiger partial charge in [0.2, 0.25) is 0 Å². The predicted octanol–water partition coefficient (Wildman–Crippen LogP) is 15.1. The van der Waals surface area contributed by atoms with Gasteiger partial charge >= 0.3 is 0 Å². The standard InChI is InChI=1S/C58H40N4/c1-58(2)49-27-13-12-24-44(49)45-33-32-43(36-50(45)58)62(42-30-28-38(29-31-42)37-16-6-3-7-17-37)51-35-34-48(53-46-25-14-22-39-23-15-26-47(52(39)46)54(51)53)57-60-55(40-18-8-4-9-19-40)59-56(61-57)41-20-10-5-11-21-41/h3-36H,1-2H3. The lowest BCUT2D eigenvalue weighted by Gasteiger charge is -2.30. The van der Waals surface area contributed by atoms with Crippen molar-refractivity contribution in [1.82, 2.24) is 15.0 Å². The maximum atomic E-state index is 5.27. The lowest BCUT2D eigenvalue weighted by Crippen LogP contribution is -2.17. The zero-order chi connectivity index (χ0) is 41.4. The molecular formula is C58H40N4. The first-order chi connectivity index (χ1) is 30.5. The van der Waals surface area contributed by atoms with Crippen molar-refractivity contribution >= 4 is 27.8 Å². The maximum Gasteiger partial charge on any atom is 0.164 e. The first-order valence-corrected chi connectivity index (χ1v) is 21.3. The number of rotatable bonds is 7. The Morgan fingerprint density at radius 2 is 0.855 bits per heavy atom. The van der Waals surface area contributed by atoms with Gasteiger partial charge < -0.3 is 4.90 Å². The number of benzene rings is 9. The molecule has 292 valence electrons. The SMILES string of the molecule is CC1(C)c2ccccc2-c2ccc(N(c3ccc(-c4ccccc4)cc3)c3ccc(-c4nc(-c5ccccc5)nc(-c5ccccc5)n4)c4c3-c3cccc5cccc-4c35)cc21. The number of fused-ring (bicyclic) bond motifs is 6. The molecule has 0 fully saturated rings. The van der Waals surface area contributed by atoms with Gasteiger partial charge in [-0.1, -0.05) is 184 Å². The Labute approximate surface area is 361 Å². The molecule has 1 aromatic heterocycles. The normalized spacial score (nSPS) is 12.8. The molecule has 0 spiro atoms. The Bertz CT molecular complexity index is 3290. The van der Waals surface area contributed by atoms with Crippen molar-refractivity contribution in [3.8, 4) is 78.7 Å². The molecule has 0 unspecified atom stereocenters. The van der Waals surface area contributed by atoms with Crippen LogP contribution in [0.4, 0.5) is 17.1 Å². The van der Waals surface area contributed by atoms with Crippen LogP contribution in [0.2, 0.25) is 0 Å². The third kappa shape index (κ3) is 5.64. The molecule has 0 amide bonds. The Morgan fingerprint density at radius 3 is 1.52 bits per heavy atom. The van der Waals surface area contributed by atoms with Crippen LogP contribution >= 0.6 is 0 Å². The highest BCUT2D eigenvalue weighted by Gasteiger charge is 2.37. The van der Waals surface area contributed by atoms with Crippen LogP contribution in [0.3, 0.4) is 0 Å². The topological polar surface area (TPSA) is 41.9 Å². The summed E-state index contributed by atoms with van der Waals surface area (Å²) < 4.78 is 0. The lowest BCUT2D eigenvalue weighted by atomic mass is 9.82. The summed E-state index contributed by atoms with van der Waals surface area (Å²) >= 11 is 0. The summed E-state index contributed by atoms with van der Waals surface area (Å²) in [4.78, 5) is 18.1. The average molecular weight is 793 g/mol. The molecule has 0 saturated carbocycles. The largest absolute Gasteiger partial charge is 0.310 e. The molecule has 4 nitrogen and oxygen atoms in total. The van der Waals surface area contributed by atoms with Crippen molar-refractivity contribution in [1.29, 1.82) is 0 Å². The Balaban J connectivity index is 1.12. The van der Waals surface area contributed by atoms with E-state index in [0.717, 1.165) is 44.9 Å². The molecule has 4 heteroatoms. The first kappa shape index (κ1) is 35.9. The lowest BCUT2D eigenvalue weighted by molar-refractivity contribution is 0.660. The van der Waals surface area contributed by atoms with Crippen molar-refractivity contribution in [2.24, 2.45) is 0 Å². The van der Waals surface area contributed by atoms with Crippen LogP contribution in [0.25, 0.3) is 89.4 Å². The van der Waals surface area contributed by atoms with Crippen molar-refractivity contribution < 1.29 is 0 Å². The van der Waals surface area contributed by atoms with E-state index in [0.29, 0.717) is 17.5 Å². The molecule has 0 N–H and O–H groups in total. The van der Waals surface area contributed by atoms with E-state index in [4.69, 9.17) is 15.0 Å². The third-order valence-electron chi connectivity index (χ3n) is 12.9. The van der Waals surface area contributed by atoms with Crippen molar-refractivity contribution in [3.63, 3.8) is 0 Å². The zero-order valence-corrected chi connectivity index (χ0v) is 34.4. The first-order valence-electron chi connectivity index (χ1n) is 21.3. The van der Waals surface area contributed by atoms with Crippen LogP contribution < -0.4 is 4.90 Å². The average Bonchev–Trinajstić information content (AvgIpc) is 3.79. The summed E-state index contributed by atoms with van der Waals surface area (Å²) in [5.41, 5.74) is 18.3. The van der Waals surface area contributed by atoms with Gasteiger partial charge in [0.15, 0.2) is 17.5 Å². The molecule has 12 rings (SSSR count). The molecule has 9 aromatic carbocycles. The second kappa shape index (κ2) is 14.1. The van der Waals surface area contributed by atoms with Gasteiger partial charge in [-0.3, -0.25) is 0 Å². The molecule has 10 aromatic rings. The molecule has 2 aliphatic rings. The fourth-order valence-electron chi connectivity index (χ4n) is 9.90. The van der Waals surface area contributed by atoms with Gasteiger partial charge in [0.25, 0.3) is 0 Å². The molecular weight excluding hydrogens is 753 g/mol. The minimum atomic E-state index is -0.163. The van der Waals surface area contributed by atoms with Gasteiger partial charge in [-0.05, 0) is 91.7 Å². The summed E-state index contributed by atoms with van der Waals surface area (Å²) in [5, 5.41) is 2.44.